The van der Waals surface area contributed by atoms with E-state index < -0.39 is 18.5 Å². The van der Waals surface area contributed by atoms with Crippen molar-refractivity contribution in [2.75, 3.05) is 19.7 Å². The number of rotatable bonds is 5. The number of benzene rings is 1. The van der Waals surface area contributed by atoms with Crippen LogP contribution in [0.3, 0.4) is 0 Å². The third kappa shape index (κ3) is 4.28. The number of carbonyl (C=O) groups excluding carboxylic acids is 3. The van der Waals surface area contributed by atoms with Crippen LogP contribution in [0.4, 0.5) is 0 Å². The average molecular weight is 400 g/mol. The molecule has 1 fully saturated rings. The zero-order valence-corrected chi connectivity index (χ0v) is 16.5. The molecule has 1 aliphatic heterocycles. The fourth-order valence-electron chi connectivity index (χ4n) is 3.55. The maximum atomic E-state index is 12.4. The Bertz CT molecular complexity index is 1030. The Balaban J connectivity index is 1.70. The van der Waals surface area contributed by atoms with Crippen molar-refractivity contribution < 1.29 is 19.1 Å². The molecule has 0 saturated carbocycles. The molecule has 1 aromatic carbocycles. The van der Waals surface area contributed by atoms with Crippen molar-refractivity contribution >= 4 is 28.8 Å². The molecule has 29 heavy (non-hydrogen) atoms. The Kier molecular flexibility index (Phi) is 5.95. The number of nitrogens with zero attached hydrogens (tertiary/aromatic N) is 3. The minimum Gasteiger partial charge on any atom is -0.452 e. The molecular formula is C20H24N4O5. The Labute approximate surface area is 167 Å². The molecule has 9 heteroatoms. The molecule has 9 nitrogen and oxygen atoms in total. The molecule has 1 saturated heterocycles. The number of piperidine rings is 1. The molecule has 2 heterocycles. The van der Waals surface area contributed by atoms with Gasteiger partial charge in [0.15, 0.2) is 6.61 Å². The number of amides is 2. The van der Waals surface area contributed by atoms with E-state index in [1.807, 2.05) is 6.92 Å². The van der Waals surface area contributed by atoms with Crippen LogP contribution < -0.4 is 11.3 Å². The summed E-state index contributed by atoms with van der Waals surface area (Å²) >= 11 is 0. The zero-order valence-electron chi connectivity index (χ0n) is 16.5. The molecule has 1 atom stereocenters. The molecule has 0 bridgehead atoms. The third-order valence-corrected chi connectivity index (χ3v) is 5.16. The van der Waals surface area contributed by atoms with Gasteiger partial charge in [0.05, 0.1) is 22.5 Å². The van der Waals surface area contributed by atoms with E-state index >= 15 is 0 Å². The standard InChI is InChI=1S/C20H24N4O5/c1-3-24-16-7-6-13(9-15(16)22-12(2)19(24)27)20(28)29-11-17(25)23-8-4-5-14(10-23)18(21)26/h6-7,9,14H,3-5,8,10-11H2,1-2H3,(H2,21,26)/t14-/m1/s1. The van der Waals surface area contributed by atoms with Crippen LogP contribution >= 0.6 is 0 Å². The number of aryl methyl sites for hydroxylation is 2. The van der Waals surface area contributed by atoms with Crippen molar-refractivity contribution in [3.05, 3.63) is 39.8 Å². The van der Waals surface area contributed by atoms with Crippen molar-refractivity contribution in [3.63, 3.8) is 0 Å². The van der Waals surface area contributed by atoms with Gasteiger partial charge in [0.2, 0.25) is 5.91 Å². The highest BCUT2D eigenvalue weighted by Gasteiger charge is 2.27. The van der Waals surface area contributed by atoms with Gasteiger partial charge in [-0.3, -0.25) is 14.4 Å². The Hall–Kier alpha value is -3.23. The molecule has 3 rings (SSSR count). The topological polar surface area (TPSA) is 125 Å². The van der Waals surface area contributed by atoms with Gasteiger partial charge < -0.3 is 19.9 Å². The van der Waals surface area contributed by atoms with Crippen LogP contribution in [0.2, 0.25) is 0 Å². The van der Waals surface area contributed by atoms with Crippen molar-refractivity contribution in [3.8, 4) is 0 Å². The molecule has 1 aromatic heterocycles. The molecule has 2 N–H and O–H groups in total. The lowest BCUT2D eigenvalue weighted by Crippen LogP contribution is -2.45. The first-order chi connectivity index (χ1) is 13.8. The summed E-state index contributed by atoms with van der Waals surface area (Å²) in [7, 11) is 0. The highest BCUT2D eigenvalue weighted by atomic mass is 16.5. The van der Waals surface area contributed by atoms with Crippen LogP contribution in [-0.4, -0.2) is 51.9 Å². The van der Waals surface area contributed by atoms with Crippen LogP contribution in [0.15, 0.2) is 23.0 Å². The molecule has 1 aliphatic rings. The van der Waals surface area contributed by atoms with Gasteiger partial charge in [0.1, 0.15) is 5.69 Å². The lowest BCUT2D eigenvalue weighted by atomic mass is 9.97. The van der Waals surface area contributed by atoms with Crippen LogP contribution in [0.5, 0.6) is 0 Å². The highest BCUT2D eigenvalue weighted by Crippen LogP contribution is 2.17. The number of hydrogen-bond acceptors (Lipinski definition) is 6. The number of nitrogens with two attached hydrogens (primary N) is 1. The minimum atomic E-state index is -0.655. The van der Waals surface area contributed by atoms with Gasteiger partial charge in [0.25, 0.3) is 11.5 Å². The predicted octanol–water partition coefficient (Wildman–Crippen LogP) is 0.606. The number of carbonyl (C=O) groups is 3. The second-order valence-electron chi connectivity index (χ2n) is 7.11. The Morgan fingerprint density at radius 1 is 1.31 bits per heavy atom. The predicted molar refractivity (Wildman–Crippen MR) is 105 cm³/mol. The normalized spacial score (nSPS) is 16.6. The molecule has 0 spiro atoms. The van der Waals surface area contributed by atoms with E-state index in [4.69, 9.17) is 10.5 Å². The van der Waals surface area contributed by atoms with Crippen molar-refractivity contribution in [2.45, 2.75) is 33.2 Å². The number of primary amides is 1. The molecule has 0 aliphatic carbocycles. The average Bonchev–Trinajstić information content (AvgIpc) is 2.72. The van der Waals surface area contributed by atoms with Crippen molar-refractivity contribution in [1.82, 2.24) is 14.5 Å². The summed E-state index contributed by atoms with van der Waals surface area (Å²) in [6.45, 7) is 4.31. The van der Waals surface area contributed by atoms with Gasteiger partial charge in [-0.25, -0.2) is 9.78 Å². The van der Waals surface area contributed by atoms with E-state index in [-0.39, 0.29) is 29.5 Å². The number of fused-ring (bicyclic) bond motifs is 1. The molecule has 0 radical (unpaired) electrons. The Morgan fingerprint density at radius 3 is 2.76 bits per heavy atom. The second-order valence-corrected chi connectivity index (χ2v) is 7.11. The van der Waals surface area contributed by atoms with Crippen LogP contribution in [-0.2, 0) is 20.9 Å². The molecular weight excluding hydrogens is 376 g/mol. The summed E-state index contributed by atoms with van der Waals surface area (Å²) < 4.78 is 6.74. The highest BCUT2D eigenvalue weighted by molar-refractivity contribution is 5.94. The van der Waals surface area contributed by atoms with E-state index in [0.717, 1.165) is 0 Å². The van der Waals surface area contributed by atoms with Gasteiger partial charge in [-0.15, -0.1) is 0 Å². The monoisotopic (exact) mass is 400 g/mol. The van der Waals surface area contributed by atoms with Crippen LogP contribution in [0.25, 0.3) is 11.0 Å². The van der Waals surface area contributed by atoms with Crippen molar-refractivity contribution in [1.29, 1.82) is 0 Å². The van der Waals surface area contributed by atoms with E-state index in [2.05, 4.69) is 4.98 Å². The lowest BCUT2D eigenvalue weighted by molar-refractivity contribution is -0.137. The summed E-state index contributed by atoms with van der Waals surface area (Å²) in [5, 5.41) is 0. The number of hydrogen-bond donors (Lipinski definition) is 1. The largest absolute Gasteiger partial charge is 0.452 e. The molecule has 2 aromatic rings. The van der Waals surface area contributed by atoms with Crippen molar-refractivity contribution in [2.24, 2.45) is 11.7 Å². The van der Waals surface area contributed by atoms with Gasteiger partial charge in [-0.05, 0) is 44.9 Å². The number of aromatic nitrogens is 2. The van der Waals surface area contributed by atoms with Crippen LogP contribution in [0, 0.1) is 12.8 Å². The molecule has 154 valence electrons. The number of esters is 1. The fourth-order valence-corrected chi connectivity index (χ4v) is 3.55. The summed E-state index contributed by atoms with van der Waals surface area (Å²) in [6.07, 6.45) is 1.34. The van der Waals surface area contributed by atoms with Gasteiger partial charge in [-0.1, -0.05) is 0 Å². The summed E-state index contributed by atoms with van der Waals surface area (Å²) in [4.78, 5) is 54.0. The Morgan fingerprint density at radius 2 is 2.07 bits per heavy atom. The first-order valence-electron chi connectivity index (χ1n) is 9.57. The van der Waals surface area contributed by atoms with E-state index in [1.165, 1.54) is 4.90 Å². The minimum absolute atomic E-state index is 0.170. The smallest absolute Gasteiger partial charge is 0.338 e. The van der Waals surface area contributed by atoms with E-state index in [9.17, 15) is 19.2 Å². The number of ether oxygens (including phenoxy) is 1. The molecule has 0 unspecified atom stereocenters. The zero-order chi connectivity index (χ0) is 21.1. The maximum Gasteiger partial charge on any atom is 0.338 e. The molecule has 2 amide bonds. The first-order valence-corrected chi connectivity index (χ1v) is 9.57. The lowest BCUT2D eigenvalue weighted by Gasteiger charge is -2.31. The van der Waals surface area contributed by atoms with Gasteiger partial charge in [0, 0.05) is 19.6 Å². The first kappa shape index (κ1) is 20.5. The fraction of sp³-hybridized carbons (Fsp3) is 0.450. The number of likely N-dealkylation sites (tertiary alicyclic amines) is 1. The maximum absolute atomic E-state index is 12.4. The third-order valence-electron chi connectivity index (χ3n) is 5.16. The second kappa shape index (κ2) is 8.42. The van der Waals surface area contributed by atoms with E-state index in [1.54, 1.807) is 29.7 Å². The quantitative estimate of drug-likeness (QED) is 0.733. The SMILES string of the molecule is CCn1c(=O)c(C)nc2cc(C(=O)OCC(=O)N3CCC[C@@H](C(N)=O)C3)ccc21. The van der Waals surface area contributed by atoms with E-state index in [0.29, 0.717) is 42.7 Å². The van der Waals surface area contributed by atoms with Gasteiger partial charge >= 0.3 is 5.97 Å². The summed E-state index contributed by atoms with van der Waals surface area (Å²) in [6, 6.07) is 4.74. The summed E-state index contributed by atoms with van der Waals surface area (Å²) in [5.41, 5.74) is 6.87. The van der Waals surface area contributed by atoms with Crippen LogP contribution in [0.1, 0.15) is 35.8 Å². The van der Waals surface area contributed by atoms with Gasteiger partial charge in [-0.2, -0.15) is 0 Å². The summed E-state index contributed by atoms with van der Waals surface area (Å²) in [5.74, 6) is -1.81.